The highest BCUT2D eigenvalue weighted by atomic mass is 35.5. The topological polar surface area (TPSA) is 70.4 Å². The van der Waals surface area contributed by atoms with Crippen molar-refractivity contribution in [2.45, 2.75) is 18.6 Å². The van der Waals surface area contributed by atoms with Crippen LogP contribution in [0.1, 0.15) is 5.69 Å². The maximum absolute atomic E-state index is 13.3. The molecule has 2 aromatic rings. The molecule has 6 nitrogen and oxygen atoms in total. The summed E-state index contributed by atoms with van der Waals surface area (Å²) in [5.41, 5.74) is 0.386. The maximum atomic E-state index is 13.3. The predicted molar refractivity (Wildman–Crippen MR) is 105 cm³/mol. The molecule has 28 heavy (non-hydrogen) atoms. The predicted octanol–water partition coefficient (Wildman–Crippen LogP) is 2.74. The summed E-state index contributed by atoms with van der Waals surface area (Å²) < 4.78 is 45.2. The first-order valence-electron chi connectivity index (χ1n) is 8.20. The number of carbonyl (C=O) groups is 1. The minimum absolute atomic E-state index is 0. The first-order chi connectivity index (χ1) is 12.4. The van der Waals surface area contributed by atoms with Gasteiger partial charge in [0.1, 0.15) is 12.3 Å². The number of aromatic nitrogens is 1. The lowest BCUT2D eigenvalue weighted by Crippen LogP contribution is -2.57. The second kappa shape index (κ2) is 11.0. The Morgan fingerprint density at radius 3 is 2.68 bits per heavy atom. The summed E-state index contributed by atoms with van der Waals surface area (Å²) in [6.07, 6.45) is -3.17. The maximum Gasteiger partial charge on any atom is 0.405 e. The highest BCUT2D eigenvalue weighted by Crippen LogP contribution is 2.25. The lowest BCUT2D eigenvalue weighted by Gasteiger charge is -2.35. The number of halogens is 5. The molecule has 0 radical (unpaired) electrons. The Bertz CT molecular complexity index is 722. The third kappa shape index (κ3) is 6.63. The van der Waals surface area contributed by atoms with Crippen molar-refractivity contribution in [1.82, 2.24) is 20.5 Å². The van der Waals surface area contributed by atoms with Gasteiger partial charge in [0.2, 0.25) is 11.8 Å². The van der Waals surface area contributed by atoms with Crippen molar-refractivity contribution in [1.29, 1.82) is 0 Å². The van der Waals surface area contributed by atoms with Crippen LogP contribution in [0.25, 0.3) is 10.8 Å². The van der Waals surface area contributed by atoms with Gasteiger partial charge in [0.05, 0.1) is 17.0 Å². The number of nitrogens with zero attached hydrogens (tertiary/aromatic N) is 2. The number of nitrogens with one attached hydrogen (secondary N) is 2. The molecule has 1 aliphatic heterocycles. The van der Waals surface area contributed by atoms with E-state index in [1.807, 2.05) is 17.5 Å². The minimum atomic E-state index is -4.40. The zero-order valence-corrected chi connectivity index (χ0v) is 17.1. The quantitative estimate of drug-likeness (QED) is 0.693. The molecule has 0 saturated carbocycles. The number of rotatable bonds is 6. The van der Waals surface area contributed by atoms with Crippen LogP contribution in [0.3, 0.4) is 0 Å². The molecule has 0 spiro atoms. The lowest BCUT2D eigenvalue weighted by molar-refractivity contribution is -0.184. The molecule has 12 heteroatoms. The van der Waals surface area contributed by atoms with Crippen LogP contribution in [-0.4, -0.2) is 60.7 Å². The van der Waals surface area contributed by atoms with Crippen LogP contribution in [0, 0.1) is 0 Å². The van der Waals surface area contributed by atoms with E-state index in [0.717, 1.165) is 4.88 Å². The van der Waals surface area contributed by atoms with E-state index in [4.69, 9.17) is 4.42 Å². The Hall–Kier alpha value is -1.33. The Balaban J connectivity index is 0.00000196. The van der Waals surface area contributed by atoms with Gasteiger partial charge in [0.25, 0.3) is 0 Å². The van der Waals surface area contributed by atoms with Crippen LogP contribution < -0.4 is 10.6 Å². The number of oxazole rings is 1. The molecule has 1 atom stereocenters. The average Bonchev–Trinajstić information content (AvgIpc) is 3.26. The van der Waals surface area contributed by atoms with Gasteiger partial charge in [-0.15, -0.1) is 36.2 Å². The number of hydrogen-bond acceptors (Lipinski definition) is 6. The summed E-state index contributed by atoms with van der Waals surface area (Å²) in [6.45, 7) is 1.13. The van der Waals surface area contributed by atoms with Crippen LogP contribution in [0.4, 0.5) is 13.2 Å². The van der Waals surface area contributed by atoms with E-state index in [1.54, 1.807) is 0 Å². The second-order valence-electron chi connectivity index (χ2n) is 5.95. The van der Waals surface area contributed by atoms with E-state index in [9.17, 15) is 18.0 Å². The summed E-state index contributed by atoms with van der Waals surface area (Å²) in [5.74, 6) is -0.114. The van der Waals surface area contributed by atoms with E-state index in [1.165, 1.54) is 22.5 Å². The second-order valence-corrected chi connectivity index (χ2v) is 6.89. The molecule has 1 fully saturated rings. The molecule has 0 bridgehead atoms. The van der Waals surface area contributed by atoms with Gasteiger partial charge in [0, 0.05) is 32.7 Å². The van der Waals surface area contributed by atoms with Gasteiger partial charge in [-0.1, -0.05) is 6.07 Å². The monoisotopic (exact) mass is 460 g/mol. The fraction of sp³-hybridized carbons (Fsp3) is 0.500. The van der Waals surface area contributed by atoms with Gasteiger partial charge in [-0.05, 0) is 11.4 Å². The normalized spacial score (nSPS) is 16.0. The highest BCUT2D eigenvalue weighted by Gasteiger charge is 2.43. The number of piperazine rings is 1. The van der Waals surface area contributed by atoms with Crippen molar-refractivity contribution in [3.05, 3.63) is 29.5 Å². The van der Waals surface area contributed by atoms with Crippen molar-refractivity contribution < 1.29 is 22.4 Å². The first kappa shape index (κ1) is 24.7. The van der Waals surface area contributed by atoms with Gasteiger partial charge in [-0.25, -0.2) is 4.98 Å². The molecule has 3 heterocycles. The average molecular weight is 461 g/mol. The Morgan fingerprint density at radius 2 is 2.07 bits per heavy atom. The van der Waals surface area contributed by atoms with Gasteiger partial charge >= 0.3 is 6.18 Å². The van der Waals surface area contributed by atoms with Crippen LogP contribution in [0.15, 0.2) is 28.2 Å². The Kier molecular flexibility index (Phi) is 9.72. The summed E-state index contributed by atoms with van der Waals surface area (Å²) in [5, 5.41) is 7.27. The summed E-state index contributed by atoms with van der Waals surface area (Å²) in [7, 11) is 0. The highest BCUT2D eigenvalue weighted by molar-refractivity contribution is 7.13. The van der Waals surface area contributed by atoms with E-state index in [0.29, 0.717) is 37.8 Å². The largest absolute Gasteiger partial charge is 0.444 e. The number of amides is 1. The minimum Gasteiger partial charge on any atom is -0.444 e. The zero-order chi connectivity index (χ0) is 18.6. The molecular formula is C16H21Cl2F3N4O2S. The Morgan fingerprint density at radius 1 is 1.36 bits per heavy atom. The van der Waals surface area contributed by atoms with Crippen molar-refractivity contribution in [3.8, 4) is 10.8 Å². The molecular weight excluding hydrogens is 440 g/mol. The fourth-order valence-corrected chi connectivity index (χ4v) is 3.44. The third-order valence-corrected chi connectivity index (χ3v) is 4.95. The molecule has 1 amide bonds. The third-order valence-electron chi connectivity index (χ3n) is 4.09. The number of alkyl halides is 3. The van der Waals surface area contributed by atoms with Crippen LogP contribution in [0.5, 0.6) is 0 Å². The van der Waals surface area contributed by atoms with Gasteiger partial charge < -0.3 is 15.1 Å². The number of carbonyl (C=O) groups excluding carboxylic acids is 1. The smallest absolute Gasteiger partial charge is 0.405 e. The molecule has 1 saturated heterocycles. The molecule has 0 aromatic carbocycles. The molecule has 158 valence electrons. The molecule has 2 N–H and O–H groups in total. The standard InChI is InChI=1S/C16H19F3N4O2S.2ClH/c17-16(18,19)13(23-5-3-20-4-6-23)9-21-14(24)8-11-10-25-15(22-11)12-2-1-7-26-12;;/h1-2,7,10,13,20H,3-6,8-9H2,(H,21,24);2*1H. The summed E-state index contributed by atoms with van der Waals surface area (Å²) >= 11 is 1.45. The van der Waals surface area contributed by atoms with Crippen molar-refractivity contribution >= 4 is 42.1 Å². The van der Waals surface area contributed by atoms with E-state index >= 15 is 0 Å². The van der Waals surface area contributed by atoms with E-state index < -0.39 is 24.7 Å². The molecule has 1 unspecified atom stereocenters. The summed E-state index contributed by atoms with van der Waals surface area (Å²) in [4.78, 5) is 18.4. The number of hydrogen-bond donors (Lipinski definition) is 2. The van der Waals surface area contributed by atoms with Gasteiger partial charge in [-0.3, -0.25) is 9.69 Å². The van der Waals surface area contributed by atoms with E-state index in [-0.39, 0.29) is 31.2 Å². The first-order valence-corrected chi connectivity index (χ1v) is 9.08. The van der Waals surface area contributed by atoms with Crippen LogP contribution in [0.2, 0.25) is 0 Å². The zero-order valence-electron chi connectivity index (χ0n) is 14.7. The molecule has 0 aliphatic carbocycles. The van der Waals surface area contributed by atoms with Crippen LogP contribution >= 0.6 is 36.2 Å². The van der Waals surface area contributed by atoms with Crippen molar-refractivity contribution in [2.24, 2.45) is 0 Å². The molecule has 3 rings (SSSR count). The van der Waals surface area contributed by atoms with Crippen molar-refractivity contribution in [3.63, 3.8) is 0 Å². The van der Waals surface area contributed by atoms with Gasteiger partial charge in [0.15, 0.2) is 0 Å². The Labute approximate surface area is 176 Å². The summed E-state index contributed by atoms with van der Waals surface area (Å²) in [6, 6.07) is 2.00. The SMILES string of the molecule is Cl.Cl.O=C(Cc1coc(-c2cccs2)n1)NCC(N1CCNCC1)C(F)(F)F. The lowest BCUT2D eigenvalue weighted by atomic mass is 10.2. The van der Waals surface area contributed by atoms with Crippen LogP contribution in [-0.2, 0) is 11.2 Å². The number of thiophene rings is 1. The molecule has 1 aliphatic rings. The fourth-order valence-electron chi connectivity index (χ4n) is 2.78. The molecule has 2 aromatic heterocycles. The van der Waals surface area contributed by atoms with Crippen molar-refractivity contribution in [2.75, 3.05) is 32.7 Å². The van der Waals surface area contributed by atoms with E-state index in [2.05, 4.69) is 15.6 Å². The van der Waals surface area contributed by atoms with Gasteiger partial charge in [-0.2, -0.15) is 13.2 Å².